The summed E-state index contributed by atoms with van der Waals surface area (Å²) in [7, 11) is 1.66. The summed E-state index contributed by atoms with van der Waals surface area (Å²) in [6.07, 6.45) is 8.53. The Balaban J connectivity index is 1.14. The zero-order valence-corrected chi connectivity index (χ0v) is 29.2. The van der Waals surface area contributed by atoms with Crippen LogP contribution in [0.5, 0.6) is 5.75 Å². The van der Waals surface area contributed by atoms with Crippen molar-refractivity contribution in [2.75, 3.05) is 13.7 Å². The smallest absolute Gasteiger partial charge is 0.254 e. The number of nitrogens with zero attached hydrogens (tertiary/aromatic N) is 5. The molecule has 0 spiro atoms. The van der Waals surface area contributed by atoms with Gasteiger partial charge < -0.3 is 29.8 Å². The molecule has 2 aromatic carbocycles. The number of benzene rings is 2. The van der Waals surface area contributed by atoms with Crippen LogP contribution in [-0.2, 0) is 13.0 Å². The molecule has 4 bridgehead atoms. The van der Waals surface area contributed by atoms with Crippen molar-refractivity contribution in [2.24, 2.45) is 11.7 Å². The van der Waals surface area contributed by atoms with Crippen LogP contribution in [0.25, 0.3) is 33.6 Å². The zero-order chi connectivity index (χ0) is 35.0. The van der Waals surface area contributed by atoms with Crippen molar-refractivity contribution < 1.29 is 18.7 Å². The number of piperidine rings is 1. The Morgan fingerprint density at radius 1 is 1.00 bits per heavy atom. The average molecular weight is 690 g/mol. The molecule has 0 unspecified atom stereocenters. The topological polar surface area (TPSA) is 120 Å². The van der Waals surface area contributed by atoms with Gasteiger partial charge in [0, 0.05) is 47.7 Å². The number of nitrogens with two attached hydrogens (primary N) is 1. The quantitative estimate of drug-likeness (QED) is 0.217. The van der Waals surface area contributed by atoms with E-state index in [4.69, 9.17) is 20.4 Å². The Bertz CT molecular complexity index is 2200. The molecule has 2 saturated carbocycles. The fraction of sp³-hybridized carbons (Fsp3) is 0.450. The zero-order valence-electron chi connectivity index (χ0n) is 29.2. The van der Waals surface area contributed by atoms with Gasteiger partial charge in [0.1, 0.15) is 22.7 Å². The highest BCUT2D eigenvalue weighted by Crippen LogP contribution is 2.45. The van der Waals surface area contributed by atoms with E-state index in [1.165, 1.54) is 12.1 Å². The summed E-state index contributed by atoms with van der Waals surface area (Å²) in [6.45, 7) is 3.22. The van der Waals surface area contributed by atoms with Gasteiger partial charge in [0.25, 0.3) is 11.8 Å². The summed E-state index contributed by atoms with van der Waals surface area (Å²) in [6, 6.07) is 14.6. The molecule has 51 heavy (non-hydrogen) atoms. The molecule has 4 atom stereocenters. The standard InChI is InChI=1S/C40H44FN7O3/c1-22-32-14-9-25-18-34(46(37(25)44-32)15-5-3-4-6-23-7-10-27(41)20-30(23)39(49)43-22)38-45-33-17-26(19-35(51-2)36(33)48(38)28-12-13-28)40(50)47-21-31(42)24-8-11-29(47)16-24/h7,9-10,14,17-20,22,24,28-29,31H,3-6,8,11-13,15-16,21,42H2,1-2H3,(H,43,49)/t22-,24-,29+,31+/m1/s1. The molecule has 4 aliphatic rings. The van der Waals surface area contributed by atoms with Gasteiger partial charge in [-0.1, -0.05) is 12.5 Å². The second-order valence-corrected chi connectivity index (χ2v) is 15.1. The van der Waals surface area contributed by atoms with Crippen LogP contribution in [0.1, 0.15) is 102 Å². The van der Waals surface area contributed by atoms with E-state index in [1.54, 1.807) is 13.2 Å². The number of aryl methyl sites for hydroxylation is 2. The minimum absolute atomic E-state index is 0.00788. The number of aromatic nitrogens is 4. The van der Waals surface area contributed by atoms with Gasteiger partial charge in [0.2, 0.25) is 0 Å². The van der Waals surface area contributed by atoms with Gasteiger partial charge in [-0.05, 0) is 112 Å². The summed E-state index contributed by atoms with van der Waals surface area (Å²) in [5.41, 5.74) is 12.5. The van der Waals surface area contributed by atoms with Crippen molar-refractivity contribution in [1.82, 2.24) is 29.3 Å². The van der Waals surface area contributed by atoms with E-state index in [0.717, 1.165) is 103 Å². The highest BCUT2D eigenvalue weighted by atomic mass is 19.1. The summed E-state index contributed by atoms with van der Waals surface area (Å²) in [5.74, 6) is 1.27. The Morgan fingerprint density at radius 3 is 2.67 bits per heavy atom. The van der Waals surface area contributed by atoms with Gasteiger partial charge in [-0.15, -0.1) is 0 Å². The molecule has 2 amide bonds. The number of carbonyl (C=O) groups is 2. The number of carbonyl (C=O) groups excluding carboxylic acids is 2. The maximum absolute atomic E-state index is 14.2. The third kappa shape index (κ3) is 5.57. The number of nitrogens with one attached hydrogen (secondary N) is 1. The number of pyridine rings is 1. The first kappa shape index (κ1) is 32.2. The van der Waals surface area contributed by atoms with Crippen molar-refractivity contribution in [3.63, 3.8) is 0 Å². The minimum atomic E-state index is -0.418. The molecular weight excluding hydrogens is 645 g/mol. The Morgan fingerprint density at radius 2 is 1.84 bits per heavy atom. The summed E-state index contributed by atoms with van der Waals surface area (Å²) >= 11 is 0. The largest absolute Gasteiger partial charge is 0.494 e. The number of fused-ring (bicyclic) bond motifs is 5. The molecule has 10 nitrogen and oxygen atoms in total. The van der Waals surface area contributed by atoms with Crippen LogP contribution in [-0.4, -0.2) is 61.6 Å². The molecule has 5 aromatic rings. The number of imidazole rings is 1. The fourth-order valence-electron chi connectivity index (χ4n) is 8.83. The number of rotatable bonds is 4. The van der Waals surface area contributed by atoms with Crippen molar-refractivity contribution in [3.05, 3.63) is 76.7 Å². The van der Waals surface area contributed by atoms with E-state index in [-0.39, 0.29) is 29.9 Å². The second kappa shape index (κ2) is 12.5. The van der Waals surface area contributed by atoms with Gasteiger partial charge in [-0.2, -0.15) is 0 Å². The predicted octanol–water partition coefficient (Wildman–Crippen LogP) is 6.70. The lowest BCUT2D eigenvalue weighted by Gasteiger charge is -2.37. The monoisotopic (exact) mass is 689 g/mol. The van der Waals surface area contributed by atoms with Crippen LogP contribution in [0.15, 0.2) is 48.5 Å². The number of methoxy groups -OCH3 is 1. The van der Waals surface area contributed by atoms with Crippen LogP contribution in [0.4, 0.5) is 4.39 Å². The summed E-state index contributed by atoms with van der Waals surface area (Å²) in [5, 5.41) is 4.05. The SMILES string of the molecule is COc1cc(C(=O)N2C[C@H](N)[C@@H]3CC[C@H]2C3)cc2nc(-c3cc4ccc5nc4n3CCCCCc3ccc(F)cc3C(=O)N[C@@H]5C)n(C3CC3)c12. The highest BCUT2D eigenvalue weighted by Gasteiger charge is 2.41. The Kier molecular flexibility index (Phi) is 7.86. The first-order chi connectivity index (χ1) is 24.8. The van der Waals surface area contributed by atoms with Crippen molar-refractivity contribution in [1.29, 1.82) is 0 Å². The van der Waals surface area contributed by atoms with Crippen molar-refractivity contribution >= 4 is 33.9 Å². The molecule has 2 aliphatic heterocycles. The molecule has 9 rings (SSSR count). The lowest BCUT2D eigenvalue weighted by atomic mass is 9.94. The average Bonchev–Trinajstić information content (AvgIpc) is 3.60. The minimum Gasteiger partial charge on any atom is -0.494 e. The molecule has 3 aromatic heterocycles. The molecule has 2 aliphatic carbocycles. The lowest BCUT2D eigenvalue weighted by Crippen LogP contribution is -2.51. The summed E-state index contributed by atoms with van der Waals surface area (Å²) < 4.78 is 24.8. The van der Waals surface area contributed by atoms with E-state index in [2.05, 4.69) is 26.6 Å². The second-order valence-electron chi connectivity index (χ2n) is 15.1. The fourth-order valence-corrected chi connectivity index (χ4v) is 8.83. The van der Waals surface area contributed by atoms with Gasteiger partial charge in [0.05, 0.1) is 30.1 Å². The number of hydrogen-bond acceptors (Lipinski definition) is 6. The van der Waals surface area contributed by atoms with Crippen LogP contribution in [0.3, 0.4) is 0 Å². The summed E-state index contributed by atoms with van der Waals surface area (Å²) in [4.78, 5) is 39.8. The molecular formula is C40H44FN7O3. The van der Waals surface area contributed by atoms with E-state index in [0.29, 0.717) is 35.8 Å². The normalized spacial score (nSPS) is 23.8. The molecule has 11 heteroatoms. The molecule has 1 saturated heterocycles. The molecule has 5 heterocycles. The molecule has 0 radical (unpaired) electrons. The molecule has 3 fully saturated rings. The van der Waals surface area contributed by atoms with Crippen LogP contribution in [0.2, 0.25) is 0 Å². The van der Waals surface area contributed by atoms with Crippen molar-refractivity contribution in [3.8, 4) is 17.3 Å². The van der Waals surface area contributed by atoms with E-state index in [1.807, 2.05) is 30.0 Å². The molecule has 3 N–H and O–H groups in total. The van der Waals surface area contributed by atoms with Crippen LogP contribution in [0, 0.1) is 11.7 Å². The third-order valence-corrected chi connectivity index (χ3v) is 11.7. The third-order valence-electron chi connectivity index (χ3n) is 11.7. The Hall–Kier alpha value is -4.77. The number of halogens is 1. The van der Waals surface area contributed by atoms with E-state index >= 15 is 0 Å². The Labute approximate surface area is 296 Å². The number of likely N-dealkylation sites (tertiary alicyclic amines) is 1. The lowest BCUT2D eigenvalue weighted by molar-refractivity contribution is 0.0603. The maximum atomic E-state index is 14.2. The van der Waals surface area contributed by atoms with E-state index in [9.17, 15) is 14.0 Å². The van der Waals surface area contributed by atoms with Gasteiger partial charge in [0.15, 0.2) is 5.82 Å². The predicted molar refractivity (Wildman–Crippen MR) is 193 cm³/mol. The van der Waals surface area contributed by atoms with E-state index < -0.39 is 11.9 Å². The van der Waals surface area contributed by atoms with Gasteiger partial charge in [-0.3, -0.25) is 9.59 Å². The van der Waals surface area contributed by atoms with Crippen molar-refractivity contribution in [2.45, 2.75) is 95.4 Å². The van der Waals surface area contributed by atoms with Gasteiger partial charge >= 0.3 is 0 Å². The number of hydrogen-bond donors (Lipinski definition) is 2. The first-order valence-electron chi connectivity index (χ1n) is 18.5. The van der Waals surface area contributed by atoms with Crippen LogP contribution < -0.4 is 15.8 Å². The molecule has 264 valence electrons. The first-order valence-corrected chi connectivity index (χ1v) is 18.5. The maximum Gasteiger partial charge on any atom is 0.254 e. The number of amides is 2. The number of ether oxygens (including phenoxy) is 1. The van der Waals surface area contributed by atoms with Crippen LogP contribution >= 0.6 is 0 Å². The highest BCUT2D eigenvalue weighted by molar-refractivity contribution is 6.00. The van der Waals surface area contributed by atoms with Gasteiger partial charge in [-0.25, -0.2) is 14.4 Å².